The van der Waals surface area contributed by atoms with Crippen molar-refractivity contribution in [2.75, 3.05) is 19.6 Å². The Kier molecular flexibility index (Phi) is 21.2. The van der Waals surface area contributed by atoms with Crippen molar-refractivity contribution in [3.63, 3.8) is 0 Å². The van der Waals surface area contributed by atoms with Gasteiger partial charge in [0.25, 0.3) is 0 Å². The summed E-state index contributed by atoms with van der Waals surface area (Å²) in [4.78, 5) is 2.60. The minimum absolute atomic E-state index is 0.148. The molecule has 2 nitrogen and oxygen atoms in total. The van der Waals surface area contributed by atoms with Gasteiger partial charge in [-0.2, -0.15) is 0 Å². The third-order valence-electron chi connectivity index (χ3n) is 4.73. The van der Waals surface area contributed by atoms with Crippen LogP contribution < -0.4 is 5.73 Å². The summed E-state index contributed by atoms with van der Waals surface area (Å²) in [6.07, 6.45) is 21.0. The van der Waals surface area contributed by atoms with E-state index >= 15 is 0 Å². The molecular formula is C26H43FN2. The molecule has 2 atom stereocenters. The Morgan fingerprint density at radius 2 is 1.72 bits per heavy atom. The third kappa shape index (κ3) is 15.8. The fraction of sp³-hybridized carbons (Fsp3) is 0.615. The van der Waals surface area contributed by atoms with E-state index in [1.54, 1.807) is 19.1 Å². The number of aryl methyl sites for hydroxylation is 1. The molecule has 1 aliphatic rings. The van der Waals surface area contributed by atoms with Crippen LogP contribution in [0, 0.1) is 36.9 Å². The molecule has 0 aromatic heterocycles. The van der Waals surface area contributed by atoms with Gasteiger partial charge in [0.1, 0.15) is 5.82 Å². The van der Waals surface area contributed by atoms with E-state index in [2.05, 4.69) is 37.0 Å². The lowest BCUT2D eigenvalue weighted by Gasteiger charge is -2.32. The normalized spacial score (nSPS) is 17.4. The molecule has 0 bridgehead atoms. The molecular weight excluding hydrogens is 359 g/mol. The zero-order valence-corrected chi connectivity index (χ0v) is 19.2. The van der Waals surface area contributed by atoms with E-state index < -0.39 is 0 Å². The van der Waals surface area contributed by atoms with Crippen LogP contribution in [0.3, 0.4) is 0 Å². The maximum atomic E-state index is 12.9. The lowest BCUT2D eigenvalue weighted by molar-refractivity contribution is 0.191. The van der Waals surface area contributed by atoms with Gasteiger partial charge in [0.05, 0.1) is 0 Å². The van der Waals surface area contributed by atoms with Gasteiger partial charge in [0.2, 0.25) is 0 Å². The number of terminal acetylenes is 2. The van der Waals surface area contributed by atoms with Crippen molar-refractivity contribution in [3.05, 3.63) is 35.6 Å². The van der Waals surface area contributed by atoms with Crippen LogP contribution in [-0.4, -0.2) is 30.6 Å². The molecule has 0 heterocycles. The molecule has 1 fully saturated rings. The number of hydrogen-bond acceptors (Lipinski definition) is 2. The summed E-state index contributed by atoms with van der Waals surface area (Å²) < 4.78 is 12.9. The quantitative estimate of drug-likeness (QED) is 0.548. The molecule has 164 valence electrons. The summed E-state index contributed by atoms with van der Waals surface area (Å²) in [6, 6.07) is 7.34. The van der Waals surface area contributed by atoms with Gasteiger partial charge in [-0.15, -0.1) is 25.2 Å². The highest BCUT2D eigenvalue weighted by Gasteiger charge is 2.21. The first-order valence-corrected chi connectivity index (χ1v) is 11.0. The molecule has 0 radical (unpaired) electrons. The second kappa shape index (κ2) is 20.9. The number of nitrogens with zero attached hydrogens (tertiary/aromatic N) is 1. The summed E-state index contributed by atoms with van der Waals surface area (Å²) in [6.45, 7) is 11.4. The molecule has 2 N–H and O–H groups in total. The topological polar surface area (TPSA) is 29.3 Å². The number of nitrogens with two attached hydrogens (primary N) is 1. The standard InChI is InChI=1S/C19H31FN2.C3H4.C2H6.C2H2/c1-2-12-22(15-17-5-3-7-19(21)14-17)13-4-6-16-8-10-18(20)11-9-16;1-3-2;2*1-2/h8-11,17,19H,2-7,12-15,21H2,1H3;1H,2H3;1-2H3;1-2H/t17-,19+;;;/m0.../s1. The summed E-state index contributed by atoms with van der Waals surface area (Å²) in [5, 5.41) is 0. The average molecular weight is 403 g/mol. The first-order chi connectivity index (χ1) is 14.1. The van der Waals surface area contributed by atoms with E-state index in [9.17, 15) is 4.39 Å². The number of rotatable bonds is 8. The fourth-order valence-corrected chi connectivity index (χ4v) is 3.63. The van der Waals surface area contributed by atoms with Crippen molar-refractivity contribution >= 4 is 0 Å². The van der Waals surface area contributed by atoms with E-state index in [1.165, 1.54) is 50.8 Å². The molecule has 0 saturated heterocycles. The Morgan fingerprint density at radius 3 is 2.24 bits per heavy atom. The van der Waals surface area contributed by atoms with Crippen LogP contribution in [0.4, 0.5) is 4.39 Å². The Labute approximate surface area is 180 Å². The summed E-state index contributed by atoms with van der Waals surface area (Å²) >= 11 is 0. The van der Waals surface area contributed by atoms with Crippen LogP contribution in [0.15, 0.2) is 24.3 Å². The second-order valence-electron chi connectivity index (χ2n) is 7.11. The Morgan fingerprint density at radius 1 is 1.14 bits per heavy atom. The molecule has 1 aliphatic carbocycles. The van der Waals surface area contributed by atoms with E-state index in [0.717, 1.165) is 25.3 Å². The first kappa shape index (κ1) is 29.4. The maximum Gasteiger partial charge on any atom is 0.123 e. The van der Waals surface area contributed by atoms with Gasteiger partial charge < -0.3 is 10.6 Å². The van der Waals surface area contributed by atoms with Gasteiger partial charge in [-0.3, -0.25) is 0 Å². The van der Waals surface area contributed by atoms with Crippen molar-refractivity contribution in [3.8, 4) is 25.2 Å². The highest BCUT2D eigenvalue weighted by atomic mass is 19.1. The van der Waals surface area contributed by atoms with E-state index in [4.69, 9.17) is 5.73 Å². The van der Waals surface area contributed by atoms with E-state index in [1.807, 2.05) is 26.0 Å². The molecule has 1 aromatic carbocycles. The van der Waals surface area contributed by atoms with Gasteiger partial charge in [-0.05, 0) is 82.2 Å². The maximum absolute atomic E-state index is 12.9. The molecule has 2 rings (SSSR count). The summed E-state index contributed by atoms with van der Waals surface area (Å²) in [5.74, 6) is 2.88. The van der Waals surface area contributed by atoms with Crippen LogP contribution in [0.2, 0.25) is 0 Å². The number of halogens is 1. The molecule has 29 heavy (non-hydrogen) atoms. The van der Waals surface area contributed by atoms with Crippen molar-refractivity contribution in [2.45, 2.75) is 78.7 Å². The van der Waals surface area contributed by atoms with Crippen molar-refractivity contribution in [1.82, 2.24) is 4.90 Å². The first-order valence-electron chi connectivity index (χ1n) is 11.0. The minimum atomic E-state index is -0.148. The SMILES string of the molecule is C#C.C#CC.CC.CCCN(CCCc1ccc(F)cc1)C[C@H]1CCC[C@@H](N)C1. The molecule has 3 heteroatoms. The fourth-order valence-electron chi connectivity index (χ4n) is 3.63. The predicted molar refractivity (Wildman–Crippen MR) is 127 cm³/mol. The minimum Gasteiger partial charge on any atom is -0.328 e. The Balaban J connectivity index is 0. The number of hydrogen-bond donors (Lipinski definition) is 1. The summed E-state index contributed by atoms with van der Waals surface area (Å²) in [5.41, 5.74) is 7.35. The monoisotopic (exact) mass is 402 g/mol. The van der Waals surface area contributed by atoms with Gasteiger partial charge in [-0.1, -0.05) is 39.3 Å². The summed E-state index contributed by atoms with van der Waals surface area (Å²) in [7, 11) is 0. The van der Waals surface area contributed by atoms with Gasteiger partial charge >= 0.3 is 0 Å². The molecule has 1 aromatic rings. The average Bonchev–Trinajstić information content (AvgIpc) is 2.73. The van der Waals surface area contributed by atoms with Gasteiger partial charge in [-0.25, -0.2) is 4.39 Å². The third-order valence-corrected chi connectivity index (χ3v) is 4.73. The van der Waals surface area contributed by atoms with Gasteiger partial charge in [0, 0.05) is 12.6 Å². The van der Waals surface area contributed by atoms with E-state index in [-0.39, 0.29) is 5.82 Å². The van der Waals surface area contributed by atoms with Crippen LogP contribution in [-0.2, 0) is 6.42 Å². The largest absolute Gasteiger partial charge is 0.328 e. The lowest BCUT2D eigenvalue weighted by atomic mass is 9.86. The van der Waals surface area contributed by atoms with Crippen molar-refractivity contribution in [2.24, 2.45) is 11.7 Å². The highest BCUT2D eigenvalue weighted by Crippen LogP contribution is 2.24. The van der Waals surface area contributed by atoms with Crippen LogP contribution in [0.1, 0.15) is 71.8 Å². The molecule has 0 unspecified atom stereocenters. The van der Waals surface area contributed by atoms with E-state index in [0.29, 0.717) is 6.04 Å². The van der Waals surface area contributed by atoms with Crippen LogP contribution in [0.5, 0.6) is 0 Å². The second-order valence-corrected chi connectivity index (χ2v) is 7.11. The predicted octanol–water partition coefficient (Wildman–Crippen LogP) is 5.90. The van der Waals surface area contributed by atoms with Crippen LogP contribution >= 0.6 is 0 Å². The highest BCUT2D eigenvalue weighted by molar-refractivity contribution is 5.16. The lowest BCUT2D eigenvalue weighted by Crippen LogP contribution is -2.36. The molecule has 1 saturated carbocycles. The van der Waals surface area contributed by atoms with Gasteiger partial charge in [0.15, 0.2) is 0 Å². The zero-order chi connectivity index (χ0) is 22.5. The number of benzene rings is 1. The smallest absolute Gasteiger partial charge is 0.123 e. The Bertz CT molecular complexity index is 530. The zero-order valence-electron chi connectivity index (χ0n) is 19.2. The van der Waals surface area contributed by atoms with Crippen molar-refractivity contribution < 1.29 is 4.39 Å². The van der Waals surface area contributed by atoms with Crippen molar-refractivity contribution in [1.29, 1.82) is 0 Å². The molecule has 0 aliphatic heterocycles. The molecule has 0 amide bonds. The Hall–Kier alpha value is -1.81. The van der Waals surface area contributed by atoms with Crippen LogP contribution in [0.25, 0.3) is 0 Å². The molecule has 0 spiro atoms.